The molecule has 3 N–H and O–H groups in total. The van der Waals surface area contributed by atoms with E-state index in [4.69, 9.17) is 10.8 Å². The molecule has 0 bridgehead atoms. The molecule has 0 unspecified atom stereocenters. The minimum absolute atomic E-state index is 0.0747. The van der Waals surface area contributed by atoms with Crippen molar-refractivity contribution in [2.75, 3.05) is 5.73 Å². The number of carboxylic acid groups (broad SMARTS) is 1. The maximum absolute atomic E-state index is 12.7. The van der Waals surface area contributed by atoms with Crippen molar-refractivity contribution in [1.82, 2.24) is 14.6 Å². The second-order valence-corrected chi connectivity index (χ2v) is 3.18. The molecule has 0 aliphatic rings. The van der Waals surface area contributed by atoms with Crippen LogP contribution in [0.2, 0.25) is 0 Å². The summed E-state index contributed by atoms with van der Waals surface area (Å²) in [5, 5.41) is 12.0. The molecule has 0 atom stereocenters. The lowest BCUT2D eigenvalue weighted by Gasteiger charge is -2.04. The standard InChI is InChI=1S/C8H5F3N4O2/c9-8(10,11)4-5(7(16)17)14-15-2-3(12)1-13-6(4)15/h1-2H,12H2,(H,16,17). The van der Waals surface area contributed by atoms with E-state index in [-0.39, 0.29) is 5.69 Å². The number of aromatic nitrogens is 3. The van der Waals surface area contributed by atoms with Gasteiger partial charge in [-0.25, -0.2) is 14.3 Å². The van der Waals surface area contributed by atoms with Gasteiger partial charge in [0.2, 0.25) is 0 Å². The number of rotatable bonds is 1. The highest BCUT2D eigenvalue weighted by atomic mass is 19.4. The summed E-state index contributed by atoms with van der Waals surface area (Å²) in [7, 11) is 0. The molecule has 9 heteroatoms. The first-order chi connectivity index (χ1) is 7.80. The van der Waals surface area contributed by atoms with E-state index >= 15 is 0 Å². The lowest BCUT2D eigenvalue weighted by atomic mass is 10.2. The van der Waals surface area contributed by atoms with Crippen molar-refractivity contribution < 1.29 is 23.1 Å². The fourth-order valence-corrected chi connectivity index (χ4v) is 1.36. The maximum Gasteiger partial charge on any atom is 0.422 e. The zero-order valence-corrected chi connectivity index (χ0v) is 8.06. The predicted octanol–water partition coefficient (Wildman–Crippen LogP) is 1.03. The number of carboxylic acids is 1. The third-order valence-corrected chi connectivity index (χ3v) is 1.98. The second-order valence-electron chi connectivity index (χ2n) is 3.18. The van der Waals surface area contributed by atoms with Crippen LogP contribution in [0.4, 0.5) is 18.9 Å². The Kier molecular flexibility index (Phi) is 2.19. The van der Waals surface area contributed by atoms with Crippen LogP contribution in [0, 0.1) is 0 Å². The molecular formula is C8H5F3N4O2. The summed E-state index contributed by atoms with van der Waals surface area (Å²) in [4.78, 5) is 14.1. The van der Waals surface area contributed by atoms with E-state index in [1.54, 1.807) is 0 Å². The molecule has 0 aromatic carbocycles. The van der Waals surface area contributed by atoms with Gasteiger partial charge >= 0.3 is 12.1 Å². The van der Waals surface area contributed by atoms with Crippen LogP contribution in [0.1, 0.15) is 16.1 Å². The molecule has 0 saturated carbocycles. The Bertz CT molecular complexity index is 605. The number of alkyl halides is 3. The summed E-state index contributed by atoms with van der Waals surface area (Å²) in [6.45, 7) is 0. The maximum atomic E-state index is 12.7. The predicted molar refractivity (Wildman–Crippen MR) is 49.4 cm³/mol. The molecule has 0 spiro atoms. The molecule has 17 heavy (non-hydrogen) atoms. The van der Waals surface area contributed by atoms with E-state index in [1.165, 1.54) is 0 Å². The Labute approximate surface area is 91.5 Å². The van der Waals surface area contributed by atoms with Gasteiger partial charge in [-0.15, -0.1) is 0 Å². The molecule has 90 valence electrons. The number of hydrogen-bond donors (Lipinski definition) is 2. The molecular weight excluding hydrogens is 241 g/mol. The molecule has 2 heterocycles. The first-order valence-electron chi connectivity index (χ1n) is 4.25. The van der Waals surface area contributed by atoms with Gasteiger partial charge in [0.05, 0.1) is 18.1 Å². The topological polar surface area (TPSA) is 93.5 Å². The quantitative estimate of drug-likeness (QED) is 0.783. The van der Waals surface area contributed by atoms with Crippen molar-refractivity contribution in [2.45, 2.75) is 6.18 Å². The summed E-state index contributed by atoms with van der Waals surface area (Å²) >= 11 is 0. The molecule has 0 amide bonds. The Hall–Kier alpha value is -2.32. The summed E-state index contributed by atoms with van der Waals surface area (Å²) in [6, 6.07) is 0. The van der Waals surface area contributed by atoms with Gasteiger partial charge in [-0.3, -0.25) is 0 Å². The molecule has 0 saturated heterocycles. The number of hydrogen-bond acceptors (Lipinski definition) is 4. The van der Waals surface area contributed by atoms with Crippen molar-refractivity contribution in [3.8, 4) is 0 Å². The van der Waals surface area contributed by atoms with E-state index in [0.29, 0.717) is 4.52 Å². The highest BCUT2D eigenvalue weighted by molar-refractivity contribution is 5.89. The van der Waals surface area contributed by atoms with Gasteiger partial charge in [-0.2, -0.15) is 18.3 Å². The molecule has 2 rings (SSSR count). The lowest BCUT2D eigenvalue weighted by molar-refractivity contribution is -0.137. The minimum Gasteiger partial charge on any atom is -0.476 e. The number of fused-ring (bicyclic) bond motifs is 1. The van der Waals surface area contributed by atoms with Gasteiger partial charge in [0.1, 0.15) is 5.56 Å². The van der Waals surface area contributed by atoms with Crippen LogP contribution < -0.4 is 5.73 Å². The molecule has 2 aromatic heterocycles. The average molecular weight is 246 g/mol. The van der Waals surface area contributed by atoms with Gasteiger partial charge in [0, 0.05) is 0 Å². The number of anilines is 1. The first kappa shape index (κ1) is 11.2. The first-order valence-corrected chi connectivity index (χ1v) is 4.25. The zero-order valence-electron chi connectivity index (χ0n) is 8.06. The number of nitrogens with zero attached hydrogens (tertiary/aromatic N) is 3. The largest absolute Gasteiger partial charge is 0.476 e. The van der Waals surface area contributed by atoms with Crippen LogP contribution in [0.15, 0.2) is 12.4 Å². The highest BCUT2D eigenvalue weighted by Gasteiger charge is 2.41. The van der Waals surface area contributed by atoms with E-state index < -0.39 is 29.1 Å². The van der Waals surface area contributed by atoms with Crippen molar-refractivity contribution >= 4 is 17.3 Å². The van der Waals surface area contributed by atoms with E-state index in [2.05, 4.69) is 10.1 Å². The Balaban J connectivity index is 2.86. The van der Waals surface area contributed by atoms with Crippen molar-refractivity contribution in [1.29, 1.82) is 0 Å². The van der Waals surface area contributed by atoms with E-state index in [0.717, 1.165) is 12.4 Å². The molecule has 6 nitrogen and oxygen atoms in total. The highest BCUT2D eigenvalue weighted by Crippen LogP contribution is 2.34. The number of nitrogen functional groups attached to an aromatic ring is 1. The van der Waals surface area contributed by atoms with E-state index in [9.17, 15) is 18.0 Å². The third-order valence-electron chi connectivity index (χ3n) is 1.98. The normalized spacial score (nSPS) is 11.9. The second kappa shape index (κ2) is 3.34. The van der Waals surface area contributed by atoms with Crippen molar-refractivity contribution in [3.63, 3.8) is 0 Å². The SMILES string of the molecule is Nc1cnc2c(C(F)(F)F)c(C(=O)O)nn2c1. The molecule has 0 aliphatic carbocycles. The monoisotopic (exact) mass is 246 g/mol. The summed E-state index contributed by atoms with van der Waals surface area (Å²) in [5.41, 5.74) is 2.31. The average Bonchev–Trinajstić information content (AvgIpc) is 2.55. The van der Waals surface area contributed by atoms with Crippen LogP contribution >= 0.6 is 0 Å². The lowest BCUT2D eigenvalue weighted by Crippen LogP contribution is -2.11. The smallest absolute Gasteiger partial charge is 0.422 e. The summed E-state index contributed by atoms with van der Waals surface area (Å²) in [5.74, 6) is -1.78. The van der Waals surface area contributed by atoms with Crippen LogP contribution in [-0.4, -0.2) is 25.7 Å². The van der Waals surface area contributed by atoms with Gasteiger partial charge in [0.15, 0.2) is 11.3 Å². The number of carbonyl (C=O) groups is 1. The number of aromatic carboxylic acids is 1. The van der Waals surface area contributed by atoms with Crippen molar-refractivity contribution in [3.05, 3.63) is 23.7 Å². The third kappa shape index (κ3) is 1.75. The van der Waals surface area contributed by atoms with Crippen LogP contribution in [-0.2, 0) is 6.18 Å². The van der Waals surface area contributed by atoms with E-state index in [1.807, 2.05) is 0 Å². The minimum atomic E-state index is -4.85. The van der Waals surface area contributed by atoms with Gasteiger partial charge in [0.25, 0.3) is 0 Å². The summed E-state index contributed by atoms with van der Waals surface area (Å²) in [6.07, 6.45) is -2.79. The molecule has 0 fully saturated rings. The van der Waals surface area contributed by atoms with Crippen LogP contribution in [0.3, 0.4) is 0 Å². The Morgan fingerprint density at radius 1 is 1.47 bits per heavy atom. The van der Waals surface area contributed by atoms with Crippen LogP contribution in [0.25, 0.3) is 5.65 Å². The number of halogens is 3. The Morgan fingerprint density at radius 3 is 2.65 bits per heavy atom. The number of nitrogens with two attached hydrogens (primary N) is 1. The Morgan fingerprint density at radius 2 is 2.12 bits per heavy atom. The van der Waals surface area contributed by atoms with Crippen molar-refractivity contribution in [2.24, 2.45) is 0 Å². The zero-order chi connectivity index (χ0) is 12.8. The fraction of sp³-hybridized carbons (Fsp3) is 0.125. The fourth-order valence-electron chi connectivity index (χ4n) is 1.36. The molecule has 0 radical (unpaired) electrons. The van der Waals surface area contributed by atoms with Gasteiger partial charge in [-0.1, -0.05) is 0 Å². The van der Waals surface area contributed by atoms with Crippen LogP contribution in [0.5, 0.6) is 0 Å². The van der Waals surface area contributed by atoms with Gasteiger partial charge < -0.3 is 10.8 Å². The summed E-state index contributed by atoms with van der Waals surface area (Å²) < 4.78 is 38.7. The molecule has 0 aliphatic heterocycles. The molecule has 2 aromatic rings. The van der Waals surface area contributed by atoms with Gasteiger partial charge in [-0.05, 0) is 0 Å².